The Kier molecular flexibility index (Phi) is 4.40. The summed E-state index contributed by atoms with van der Waals surface area (Å²) in [6, 6.07) is 18.3. The van der Waals surface area contributed by atoms with Crippen molar-refractivity contribution in [2.24, 2.45) is 0 Å². The van der Waals surface area contributed by atoms with E-state index in [0.29, 0.717) is 6.04 Å². The lowest BCUT2D eigenvalue weighted by Gasteiger charge is -2.28. The highest BCUT2D eigenvalue weighted by molar-refractivity contribution is 5.36. The molecule has 2 aromatic rings. The second-order valence-corrected chi connectivity index (χ2v) is 6.28. The molecule has 0 N–H and O–H groups in total. The Morgan fingerprint density at radius 3 is 2.57 bits per heavy atom. The van der Waals surface area contributed by atoms with E-state index in [1.165, 1.54) is 42.5 Å². The van der Waals surface area contributed by atoms with Gasteiger partial charge in [-0.25, -0.2) is 0 Å². The Morgan fingerprint density at radius 2 is 1.76 bits per heavy atom. The molecule has 0 bridgehead atoms. The fourth-order valence-electron chi connectivity index (χ4n) is 3.54. The smallest absolute Gasteiger partial charge is 0.0385 e. The summed E-state index contributed by atoms with van der Waals surface area (Å²) in [6.45, 7) is 3.45. The summed E-state index contributed by atoms with van der Waals surface area (Å²) in [5.41, 5.74) is 6.03. The predicted molar refractivity (Wildman–Crippen MR) is 89.6 cm³/mol. The average Bonchev–Trinajstić information content (AvgIpc) is 2.59. The highest BCUT2D eigenvalue weighted by Gasteiger charge is 2.20. The topological polar surface area (TPSA) is 3.24 Å². The van der Waals surface area contributed by atoms with Gasteiger partial charge in [-0.15, -0.1) is 0 Å². The van der Waals surface area contributed by atoms with Crippen LogP contribution in [-0.4, -0.2) is 18.5 Å². The molecule has 0 fully saturated rings. The molecule has 1 aliphatic heterocycles. The van der Waals surface area contributed by atoms with Crippen molar-refractivity contribution in [3.05, 3.63) is 70.8 Å². The van der Waals surface area contributed by atoms with Gasteiger partial charge in [-0.1, -0.05) is 48.5 Å². The van der Waals surface area contributed by atoms with Gasteiger partial charge in [0.1, 0.15) is 0 Å². The summed E-state index contributed by atoms with van der Waals surface area (Å²) in [6.07, 6.45) is 4.94. The molecule has 0 spiro atoms. The Hall–Kier alpha value is -1.60. The molecule has 0 radical (unpaired) electrons. The van der Waals surface area contributed by atoms with Gasteiger partial charge in [0, 0.05) is 6.04 Å². The van der Waals surface area contributed by atoms with Crippen LogP contribution in [0.3, 0.4) is 0 Å². The zero-order chi connectivity index (χ0) is 14.7. The van der Waals surface area contributed by atoms with Gasteiger partial charge in [0.05, 0.1) is 0 Å². The molecule has 1 nitrogen and oxygen atoms in total. The van der Waals surface area contributed by atoms with Crippen molar-refractivity contribution < 1.29 is 0 Å². The van der Waals surface area contributed by atoms with E-state index in [1.807, 2.05) is 0 Å². The van der Waals surface area contributed by atoms with Crippen LogP contribution in [0.1, 0.15) is 41.1 Å². The van der Waals surface area contributed by atoms with Crippen LogP contribution in [-0.2, 0) is 12.8 Å². The van der Waals surface area contributed by atoms with Crippen LogP contribution in [0.2, 0.25) is 0 Å². The minimum Gasteiger partial charge on any atom is -0.299 e. The third-order valence-electron chi connectivity index (χ3n) is 4.82. The molecule has 1 atom stereocenters. The predicted octanol–water partition coefficient (Wildman–Crippen LogP) is 4.55. The number of hydrogen-bond donors (Lipinski definition) is 0. The lowest BCUT2D eigenvalue weighted by Crippen LogP contribution is -2.27. The number of rotatable bonds is 1. The van der Waals surface area contributed by atoms with E-state index in [0.717, 1.165) is 6.42 Å². The average molecular weight is 279 g/mol. The molecule has 21 heavy (non-hydrogen) atoms. The van der Waals surface area contributed by atoms with E-state index in [-0.39, 0.29) is 0 Å². The number of nitrogens with zero attached hydrogens (tertiary/aromatic N) is 1. The largest absolute Gasteiger partial charge is 0.299 e. The Labute approximate surface area is 128 Å². The zero-order valence-corrected chi connectivity index (χ0v) is 13.2. The summed E-state index contributed by atoms with van der Waals surface area (Å²) in [5.74, 6) is 0. The summed E-state index contributed by atoms with van der Waals surface area (Å²) < 4.78 is 0. The van der Waals surface area contributed by atoms with Crippen molar-refractivity contribution in [2.75, 3.05) is 13.6 Å². The normalized spacial score (nSPS) is 20.2. The first-order chi connectivity index (χ1) is 10.3. The summed E-state index contributed by atoms with van der Waals surface area (Å²) in [5, 5.41) is 0. The van der Waals surface area contributed by atoms with Crippen molar-refractivity contribution in [3.63, 3.8) is 0 Å². The van der Waals surface area contributed by atoms with Crippen molar-refractivity contribution in [1.29, 1.82) is 0 Å². The molecular weight excluding hydrogens is 254 g/mol. The van der Waals surface area contributed by atoms with Crippen molar-refractivity contribution >= 4 is 0 Å². The quantitative estimate of drug-likeness (QED) is 0.740. The van der Waals surface area contributed by atoms with Crippen LogP contribution in [0.25, 0.3) is 0 Å². The number of aryl methyl sites for hydroxylation is 1. The second kappa shape index (κ2) is 6.44. The van der Waals surface area contributed by atoms with Crippen LogP contribution in [0.4, 0.5) is 0 Å². The first kappa shape index (κ1) is 14.3. The maximum Gasteiger partial charge on any atom is 0.0385 e. The number of fused-ring (bicyclic) bond motifs is 1. The number of likely N-dealkylation sites (N-methyl/N-ethyl adjacent to an activating group) is 1. The molecule has 1 heterocycles. The van der Waals surface area contributed by atoms with Gasteiger partial charge >= 0.3 is 0 Å². The third-order valence-corrected chi connectivity index (χ3v) is 4.82. The summed E-state index contributed by atoms with van der Waals surface area (Å²) >= 11 is 0. The zero-order valence-electron chi connectivity index (χ0n) is 13.2. The minimum atomic E-state index is 0.491. The van der Waals surface area contributed by atoms with Gasteiger partial charge < -0.3 is 0 Å². The van der Waals surface area contributed by atoms with Crippen LogP contribution < -0.4 is 0 Å². The summed E-state index contributed by atoms with van der Waals surface area (Å²) in [4.78, 5) is 2.53. The molecule has 3 rings (SSSR count). The standard InChI is InChI=1S/C20H25N/c1-16-9-8-12-18-15-20(17-10-4-3-5-11-17)21(2)14-7-6-13-19(16)18/h3-5,8-12,20H,6-7,13-15H2,1-2H3. The van der Waals surface area contributed by atoms with E-state index >= 15 is 0 Å². The van der Waals surface area contributed by atoms with Gasteiger partial charge in [-0.2, -0.15) is 0 Å². The Balaban J connectivity index is 1.99. The van der Waals surface area contributed by atoms with Gasteiger partial charge in [0.15, 0.2) is 0 Å². The van der Waals surface area contributed by atoms with Crippen LogP contribution >= 0.6 is 0 Å². The second-order valence-electron chi connectivity index (χ2n) is 6.28. The molecule has 2 aromatic carbocycles. The monoisotopic (exact) mass is 279 g/mol. The fraction of sp³-hybridized carbons (Fsp3) is 0.400. The van der Waals surface area contributed by atoms with Gasteiger partial charge in [-0.05, 0) is 68.5 Å². The molecule has 1 heteroatoms. The molecule has 1 unspecified atom stereocenters. The maximum absolute atomic E-state index is 2.53. The minimum absolute atomic E-state index is 0.491. The SMILES string of the molecule is Cc1cccc2c1CCCCN(C)C(c1ccccc1)C2. The fourth-order valence-corrected chi connectivity index (χ4v) is 3.54. The van der Waals surface area contributed by atoms with E-state index in [4.69, 9.17) is 0 Å². The van der Waals surface area contributed by atoms with Crippen molar-refractivity contribution in [1.82, 2.24) is 4.90 Å². The lowest BCUT2D eigenvalue weighted by atomic mass is 9.91. The first-order valence-electron chi connectivity index (χ1n) is 8.08. The Morgan fingerprint density at radius 1 is 0.952 bits per heavy atom. The molecule has 0 amide bonds. The maximum atomic E-state index is 2.53. The molecule has 110 valence electrons. The molecule has 0 aliphatic carbocycles. The van der Waals surface area contributed by atoms with Crippen molar-refractivity contribution in [2.45, 2.75) is 38.6 Å². The van der Waals surface area contributed by atoms with Gasteiger partial charge in [0.2, 0.25) is 0 Å². The van der Waals surface area contributed by atoms with Crippen LogP contribution in [0, 0.1) is 6.92 Å². The van der Waals surface area contributed by atoms with Gasteiger partial charge in [0.25, 0.3) is 0 Å². The number of benzene rings is 2. The molecule has 0 aromatic heterocycles. The molecule has 1 aliphatic rings. The molecule has 0 saturated carbocycles. The summed E-state index contributed by atoms with van der Waals surface area (Å²) in [7, 11) is 2.28. The highest BCUT2D eigenvalue weighted by atomic mass is 15.1. The Bertz CT molecular complexity index is 588. The molecular formula is C20H25N. The molecule has 0 saturated heterocycles. The van der Waals surface area contributed by atoms with Crippen LogP contribution in [0.15, 0.2) is 48.5 Å². The van der Waals surface area contributed by atoms with Gasteiger partial charge in [-0.3, -0.25) is 4.90 Å². The lowest BCUT2D eigenvalue weighted by molar-refractivity contribution is 0.241. The highest BCUT2D eigenvalue weighted by Crippen LogP contribution is 2.29. The number of hydrogen-bond acceptors (Lipinski definition) is 1. The van der Waals surface area contributed by atoms with Crippen LogP contribution in [0.5, 0.6) is 0 Å². The van der Waals surface area contributed by atoms with E-state index in [2.05, 4.69) is 67.4 Å². The first-order valence-corrected chi connectivity index (χ1v) is 8.08. The van der Waals surface area contributed by atoms with Crippen molar-refractivity contribution in [3.8, 4) is 0 Å². The van der Waals surface area contributed by atoms with E-state index in [9.17, 15) is 0 Å². The third kappa shape index (κ3) is 3.19. The van der Waals surface area contributed by atoms with E-state index < -0.39 is 0 Å². The van der Waals surface area contributed by atoms with E-state index in [1.54, 1.807) is 5.56 Å².